The van der Waals surface area contributed by atoms with Crippen LogP contribution in [0.5, 0.6) is 0 Å². The molecule has 108 valence electrons. The van der Waals surface area contributed by atoms with Gasteiger partial charge in [-0.05, 0) is 42.9 Å². The summed E-state index contributed by atoms with van der Waals surface area (Å²) < 4.78 is 1.04. The first-order chi connectivity index (χ1) is 9.53. The van der Waals surface area contributed by atoms with E-state index in [1.807, 2.05) is 24.0 Å². The highest BCUT2D eigenvalue weighted by atomic mass is 79.9. The van der Waals surface area contributed by atoms with Crippen LogP contribution in [0.3, 0.4) is 0 Å². The van der Waals surface area contributed by atoms with Gasteiger partial charge in [0.2, 0.25) is 5.91 Å². The second-order valence-corrected chi connectivity index (χ2v) is 7.09. The summed E-state index contributed by atoms with van der Waals surface area (Å²) in [5.74, 6) is 0.423. The molecule has 2 unspecified atom stereocenters. The summed E-state index contributed by atoms with van der Waals surface area (Å²) in [7, 11) is 0. The smallest absolute Gasteiger partial charge is 0.233 e. The summed E-state index contributed by atoms with van der Waals surface area (Å²) in [5.41, 5.74) is 0.840. The van der Waals surface area contributed by atoms with Crippen molar-refractivity contribution in [1.82, 2.24) is 4.90 Å². The molecule has 0 radical (unpaired) electrons. The van der Waals surface area contributed by atoms with Crippen molar-refractivity contribution in [1.29, 1.82) is 0 Å². The van der Waals surface area contributed by atoms with Gasteiger partial charge in [-0.2, -0.15) is 0 Å². The zero-order valence-corrected chi connectivity index (χ0v) is 13.3. The number of benzene rings is 1. The largest absolute Gasteiger partial charge is 0.393 e. The van der Waals surface area contributed by atoms with Crippen LogP contribution in [-0.4, -0.2) is 35.1 Å². The number of aliphatic hydroxyl groups is 1. The highest BCUT2D eigenvalue weighted by Gasteiger charge is 2.53. The fraction of sp³-hybridized carbons (Fsp3) is 0.562. The standard InChI is InChI=1S/C16H20BrNO2/c1-11-10-18(9-6-14(11)19)15(20)16(7-8-16)12-2-4-13(17)5-3-12/h2-5,11,14,19H,6-10H2,1H3. The highest BCUT2D eigenvalue weighted by Crippen LogP contribution is 2.50. The van der Waals surface area contributed by atoms with Crippen LogP contribution in [0.4, 0.5) is 0 Å². The van der Waals surface area contributed by atoms with Crippen molar-refractivity contribution >= 4 is 21.8 Å². The highest BCUT2D eigenvalue weighted by molar-refractivity contribution is 9.10. The molecule has 1 heterocycles. The molecule has 1 amide bonds. The Labute approximate surface area is 128 Å². The van der Waals surface area contributed by atoms with Crippen LogP contribution in [0, 0.1) is 5.92 Å². The molecule has 2 atom stereocenters. The van der Waals surface area contributed by atoms with Gasteiger partial charge in [0.15, 0.2) is 0 Å². The number of likely N-dealkylation sites (tertiary alicyclic amines) is 1. The summed E-state index contributed by atoms with van der Waals surface area (Å²) >= 11 is 3.44. The zero-order chi connectivity index (χ0) is 14.3. The quantitative estimate of drug-likeness (QED) is 0.901. The van der Waals surface area contributed by atoms with E-state index >= 15 is 0 Å². The minimum atomic E-state index is -0.289. The molecule has 1 aliphatic carbocycles. The number of rotatable bonds is 2. The van der Waals surface area contributed by atoms with Gasteiger partial charge in [0.05, 0.1) is 11.5 Å². The van der Waals surface area contributed by atoms with E-state index in [2.05, 4.69) is 28.1 Å². The molecule has 3 nitrogen and oxygen atoms in total. The summed E-state index contributed by atoms with van der Waals surface area (Å²) in [4.78, 5) is 14.8. The molecule has 0 spiro atoms. The third-order valence-corrected chi connectivity index (χ3v) is 5.23. The number of hydrogen-bond donors (Lipinski definition) is 1. The summed E-state index contributed by atoms with van der Waals surface area (Å²) in [6.07, 6.45) is 2.33. The molecule has 1 aliphatic heterocycles. The Hall–Kier alpha value is -0.870. The van der Waals surface area contributed by atoms with Crippen molar-refractivity contribution in [2.75, 3.05) is 13.1 Å². The van der Waals surface area contributed by atoms with Crippen molar-refractivity contribution in [3.63, 3.8) is 0 Å². The SMILES string of the molecule is CC1CN(C(=O)C2(c3ccc(Br)cc3)CC2)CCC1O. The first-order valence-electron chi connectivity index (χ1n) is 7.26. The summed E-state index contributed by atoms with van der Waals surface area (Å²) in [6, 6.07) is 8.12. The Morgan fingerprint density at radius 1 is 1.35 bits per heavy atom. The molecule has 4 heteroatoms. The van der Waals surface area contributed by atoms with E-state index in [0.29, 0.717) is 19.5 Å². The Bertz CT molecular complexity index is 510. The van der Waals surface area contributed by atoms with E-state index in [0.717, 1.165) is 22.9 Å². The molecule has 1 N–H and O–H groups in total. The average molecular weight is 338 g/mol. The van der Waals surface area contributed by atoms with Crippen LogP contribution in [0.25, 0.3) is 0 Å². The number of hydrogen-bond acceptors (Lipinski definition) is 2. The normalized spacial score (nSPS) is 28.2. The fourth-order valence-electron chi connectivity index (χ4n) is 3.14. The molecule has 3 rings (SSSR count). The molecular weight excluding hydrogens is 318 g/mol. The average Bonchev–Trinajstić information content (AvgIpc) is 3.23. The molecular formula is C16H20BrNO2. The van der Waals surface area contributed by atoms with Crippen molar-refractivity contribution < 1.29 is 9.90 Å². The van der Waals surface area contributed by atoms with Gasteiger partial charge in [0, 0.05) is 17.6 Å². The van der Waals surface area contributed by atoms with Gasteiger partial charge >= 0.3 is 0 Å². The molecule has 2 aliphatic rings. The lowest BCUT2D eigenvalue weighted by molar-refractivity contribution is -0.137. The second kappa shape index (κ2) is 5.15. The Kier molecular flexibility index (Phi) is 3.63. The first-order valence-corrected chi connectivity index (χ1v) is 8.06. The predicted octanol–water partition coefficient (Wildman–Crippen LogP) is 2.71. The van der Waals surface area contributed by atoms with E-state index in [-0.39, 0.29) is 23.3 Å². The van der Waals surface area contributed by atoms with E-state index in [1.165, 1.54) is 0 Å². The van der Waals surface area contributed by atoms with Crippen LogP contribution >= 0.6 is 15.9 Å². The lowest BCUT2D eigenvalue weighted by Crippen LogP contribution is -2.48. The Balaban J connectivity index is 1.78. The van der Waals surface area contributed by atoms with Gasteiger partial charge in [-0.25, -0.2) is 0 Å². The number of halogens is 1. The summed E-state index contributed by atoms with van der Waals surface area (Å²) in [6.45, 7) is 3.38. The second-order valence-electron chi connectivity index (χ2n) is 6.17. The van der Waals surface area contributed by atoms with E-state index in [9.17, 15) is 9.90 Å². The van der Waals surface area contributed by atoms with Crippen LogP contribution < -0.4 is 0 Å². The molecule has 2 fully saturated rings. The number of aliphatic hydroxyl groups excluding tert-OH is 1. The van der Waals surface area contributed by atoms with Crippen molar-refractivity contribution in [2.45, 2.75) is 37.7 Å². The molecule has 1 saturated carbocycles. The molecule has 20 heavy (non-hydrogen) atoms. The van der Waals surface area contributed by atoms with Crippen LogP contribution in [0.15, 0.2) is 28.7 Å². The van der Waals surface area contributed by atoms with Gasteiger partial charge in [0.1, 0.15) is 0 Å². The maximum absolute atomic E-state index is 12.9. The topological polar surface area (TPSA) is 40.5 Å². The van der Waals surface area contributed by atoms with Crippen molar-refractivity contribution in [3.8, 4) is 0 Å². The zero-order valence-electron chi connectivity index (χ0n) is 11.7. The number of carbonyl (C=O) groups is 1. The number of amides is 1. The van der Waals surface area contributed by atoms with Gasteiger partial charge in [0.25, 0.3) is 0 Å². The number of nitrogens with zero attached hydrogens (tertiary/aromatic N) is 1. The van der Waals surface area contributed by atoms with Crippen molar-refractivity contribution in [2.24, 2.45) is 5.92 Å². The van der Waals surface area contributed by atoms with E-state index in [4.69, 9.17) is 0 Å². The molecule has 0 bridgehead atoms. The van der Waals surface area contributed by atoms with E-state index < -0.39 is 0 Å². The monoisotopic (exact) mass is 337 g/mol. The van der Waals surface area contributed by atoms with Gasteiger partial charge in [-0.15, -0.1) is 0 Å². The molecule has 1 aromatic carbocycles. The molecule has 0 aromatic heterocycles. The number of piperidine rings is 1. The fourth-order valence-corrected chi connectivity index (χ4v) is 3.40. The lowest BCUT2D eigenvalue weighted by atomic mass is 9.91. The van der Waals surface area contributed by atoms with Gasteiger partial charge < -0.3 is 10.0 Å². The minimum Gasteiger partial charge on any atom is -0.393 e. The maximum atomic E-state index is 12.9. The third kappa shape index (κ3) is 2.40. The third-order valence-electron chi connectivity index (χ3n) is 4.70. The van der Waals surface area contributed by atoms with Gasteiger partial charge in [-0.3, -0.25) is 4.79 Å². The van der Waals surface area contributed by atoms with Crippen molar-refractivity contribution in [3.05, 3.63) is 34.3 Å². The van der Waals surface area contributed by atoms with Crippen LogP contribution in [-0.2, 0) is 10.2 Å². The van der Waals surface area contributed by atoms with Crippen LogP contribution in [0.2, 0.25) is 0 Å². The minimum absolute atomic E-state index is 0.174. The van der Waals surface area contributed by atoms with Crippen LogP contribution in [0.1, 0.15) is 31.7 Å². The summed E-state index contributed by atoms with van der Waals surface area (Å²) in [5, 5.41) is 9.80. The Morgan fingerprint density at radius 3 is 2.55 bits per heavy atom. The lowest BCUT2D eigenvalue weighted by Gasteiger charge is -2.36. The molecule has 1 saturated heterocycles. The maximum Gasteiger partial charge on any atom is 0.233 e. The number of carbonyl (C=O) groups excluding carboxylic acids is 1. The van der Waals surface area contributed by atoms with Gasteiger partial charge in [-0.1, -0.05) is 35.0 Å². The first kappa shape index (κ1) is 14.1. The molecule has 1 aromatic rings. The predicted molar refractivity (Wildman–Crippen MR) is 81.4 cm³/mol. The van der Waals surface area contributed by atoms with E-state index in [1.54, 1.807) is 0 Å². The Morgan fingerprint density at radius 2 is 2.00 bits per heavy atom.